The molecule has 0 bridgehead atoms. The predicted molar refractivity (Wildman–Crippen MR) is 76.4 cm³/mol. The number of benzene rings is 1. The van der Waals surface area contributed by atoms with Gasteiger partial charge >= 0.3 is 0 Å². The van der Waals surface area contributed by atoms with Gasteiger partial charge in [0.2, 0.25) is 0 Å². The minimum atomic E-state index is 0.760. The Bertz CT molecular complexity index is 315. The SMILES string of the molecule is CCCCCCCNc1cccc(Cl)c1Br. The van der Waals surface area contributed by atoms with Crippen molar-refractivity contribution in [3.63, 3.8) is 0 Å². The van der Waals surface area contributed by atoms with Gasteiger partial charge in [0.25, 0.3) is 0 Å². The Kier molecular flexibility index (Phi) is 6.90. The highest BCUT2D eigenvalue weighted by Crippen LogP contribution is 2.29. The van der Waals surface area contributed by atoms with E-state index < -0.39 is 0 Å². The monoisotopic (exact) mass is 303 g/mol. The van der Waals surface area contributed by atoms with Gasteiger partial charge in [-0.05, 0) is 34.5 Å². The molecule has 1 rings (SSSR count). The number of hydrogen-bond donors (Lipinski definition) is 1. The van der Waals surface area contributed by atoms with Crippen molar-refractivity contribution in [3.8, 4) is 0 Å². The van der Waals surface area contributed by atoms with Gasteiger partial charge < -0.3 is 5.32 Å². The summed E-state index contributed by atoms with van der Waals surface area (Å²) >= 11 is 9.49. The maximum Gasteiger partial charge on any atom is 0.0593 e. The summed E-state index contributed by atoms with van der Waals surface area (Å²) in [5.74, 6) is 0. The van der Waals surface area contributed by atoms with Crippen LogP contribution in [0.4, 0.5) is 5.69 Å². The number of nitrogens with one attached hydrogen (secondary N) is 1. The van der Waals surface area contributed by atoms with Crippen molar-refractivity contribution in [1.82, 2.24) is 0 Å². The minimum Gasteiger partial charge on any atom is -0.384 e. The molecule has 0 aliphatic rings. The summed E-state index contributed by atoms with van der Waals surface area (Å²) in [7, 11) is 0. The van der Waals surface area contributed by atoms with E-state index in [0.29, 0.717) is 0 Å². The molecule has 0 aliphatic carbocycles. The number of hydrogen-bond acceptors (Lipinski definition) is 1. The van der Waals surface area contributed by atoms with Crippen LogP contribution < -0.4 is 5.32 Å². The molecular weight excluding hydrogens is 286 g/mol. The van der Waals surface area contributed by atoms with E-state index in [1.165, 1.54) is 32.1 Å². The molecule has 3 heteroatoms. The van der Waals surface area contributed by atoms with Crippen LogP contribution in [0, 0.1) is 0 Å². The normalized spacial score (nSPS) is 10.4. The van der Waals surface area contributed by atoms with Crippen molar-refractivity contribution in [2.75, 3.05) is 11.9 Å². The second-order valence-corrected chi connectivity index (χ2v) is 5.14. The first-order valence-electron chi connectivity index (χ1n) is 5.93. The third kappa shape index (κ3) is 4.75. The van der Waals surface area contributed by atoms with Crippen molar-refractivity contribution in [2.24, 2.45) is 0 Å². The molecule has 0 radical (unpaired) electrons. The zero-order valence-corrected chi connectivity index (χ0v) is 12.1. The molecule has 0 unspecified atom stereocenters. The molecule has 0 spiro atoms. The van der Waals surface area contributed by atoms with Gasteiger partial charge in [0, 0.05) is 12.2 Å². The van der Waals surface area contributed by atoms with Crippen LogP contribution in [0.15, 0.2) is 22.7 Å². The molecule has 0 saturated heterocycles. The molecule has 1 aromatic rings. The maximum absolute atomic E-state index is 6.01. The predicted octanol–water partition coefficient (Wildman–Crippen LogP) is 5.48. The Morgan fingerprint density at radius 1 is 1.19 bits per heavy atom. The van der Waals surface area contributed by atoms with Gasteiger partial charge in [-0.3, -0.25) is 0 Å². The van der Waals surface area contributed by atoms with Gasteiger partial charge in [0.1, 0.15) is 0 Å². The number of anilines is 1. The molecule has 0 atom stereocenters. The quantitative estimate of drug-likeness (QED) is 0.657. The lowest BCUT2D eigenvalue weighted by Crippen LogP contribution is -2.02. The van der Waals surface area contributed by atoms with E-state index in [-0.39, 0.29) is 0 Å². The van der Waals surface area contributed by atoms with Crippen LogP contribution in [0.2, 0.25) is 5.02 Å². The van der Waals surface area contributed by atoms with Crippen molar-refractivity contribution in [3.05, 3.63) is 27.7 Å². The molecule has 0 amide bonds. The molecule has 16 heavy (non-hydrogen) atoms. The molecule has 90 valence electrons. The van der Waals surface area contributed by atoms with Gasteiger partial charge in [-0.1, -0.05) is 50.3 Å². The Labute approximate surface area is 112 Å². The van der Waals surface area contributed by atoms with E-state index in [1.54, 1.807) is 0 Å². The van der Waals surface area contributed by atoms with Gasteiger partial charge in [-0.25, -0.2) is 0 Å². The summed E-state index contributed by atoms with van der Waals surface area (Å²) in [6.45, 7) is 3.25. The first-order chi connectivity index (χ1) is 7.75. The van der Waals surface area contributed by atoms with Crippen molar-refractivity contribution < 1.29 is 0 Å². The van der Waals surface area contributed by atoms with Gasteiger partial charge in [0.05, 0.1) is 9.50 Å². The fraction of sp³-hybridized carbons (Fsp3) is 0.538. The lowest BCUT2D eigenvalue weighted by Gasteiger charge is -2.09. The standard InChI is InChI=1S/C13H19BrClN/c1-2-3-4-5-6-10-16-12-9-7-8-11(15)13(12)14/h7-9,16H,2-6,10H2,1H3. The summed E-state index contributed by atoms with van der Waals surface area (Å²) in [5.41, 5.74) is 1.09. The van der Waals surface area contributed by atoms with Crippen molar-refractivity contribution in [1.29, 1.82) is 0 Å². The first kappa shape index (κ1) is 13.9. The molecule has 1 N–H and O–H groups in total. The average molecular weight is 305 g/mol. The highest BCUT2D eigenvalue weighted by Gasteiger charge is 2.02. The average Bonchev–Trinajstić information content (AvgIpc) is 2.29. The van der Waals surface area contributed by atoms with Crippen LogP contribution >= 0.6 is 27.5 Å². The summed E-state index contributed by atoms with van der Waals surface area (Å²) in [6.07, 6.45) is 6.51. The van der Waals surface area contributed by atoms with E-state index in [0.717, 1.165) is 21.7 Å². The zero-order chi connectivity index (χ0) is 11.8. The molecule has 0 fully saturated rings. The van der Waals surface area contributed by atoms with E-state index in [9.17, 15) is 0 Å². The maximum atomic E-state index is 6.01. The molecule has 1 aromatic carbocycles. The lowest BCUT2D eigenvalue weighted by molar-refractivity contribution is 0.645. The van der Waals surface area contributed by atoms with Crippen LogP contribution in [0.25, 0.3) is 0 Å². The third-order valence-corrected chi connectivity index (χ3v) is 3.94. The summed E-state index contributed by atoms with van der Waals surface area (Å²) in [4.78, 5) is 0. The number of halogens is 2. The minimum absolute atomic E-state index is 0.760. The van der Waals surface area contributed by atoms with Gasteiger partial charge in [-0.2, -0.15) is 0 Å². The Balaban J connectivity index is 2.24. The number of rotatable bonds is 7. The van der Waals surface area contributed by atoms with Crippen LogP contribution in [0.3, 0.4) is 0 Å². The zero-order valence-electron chi connectivity index (χ0n) is 9.73. The first-order valence-corrected chi connectivity index (χ1v) is 7.10. The van der Waals surface area contributed by atoms with Crippen LogP contribution in [-0.4, -0.2) is 6.54 Å². The third-order valence-electron chi connectivity index (χ3n) is 2.55. The van der Waals surface area contributed by atoms with Crippen molar-refractivity contribution in [2.45, 2.75) is 39.0 Å². The molecule has 0 aliphatic heterocycles. The molecule has 0 saturated carbocycles. The highest BCUT2D eigenvalue weighted by molar-refractivity contribution is 9.10. The van der Waals surface area contributed by atoms with E-state index >= 15 is 0 Å². The van der Waals surface area contributed by atoms with E-state index in [2.05, 4.69) is 28.2 Å². The van der Waals surface area contributed by atoms with Crippen LogP contribution in [0.5, 0.6) is 0 Å². The second kappa shape index (κ2) is 7.97. The summed E-state index contributed by atoms with van der Waals surface area (Å²) in [5, 5.41) is 4.16. The van der Waals surface area contributed by atoms with Crippen LogP contribution in [0.1, 0.15) is 39.0 Å². The Morgan fingerprint density at radius 3 is 2.69 bits per heavy atom. The molecule has 0 aromatic heterocycles. The largest absolute Gasteiger partial charge is 0.384 e. The van der Waals surface area contributed by atoms with E-state index in [4.69, 9.17) is 11.6 Å². The van der Waals surface area contributed by atoms with E-state index in [1.807, 2.05) is 18.2 Å². The molecular formula is C13H19BrClN. The second-order valence-electron chi connectivity index (χ2n) is 3.94. The highest BCUT2D eigenvalue weighted by atomic mass is 79.9. The Morgan fingerprint density at radius 2 is 1.94 bits per heavy atom. The molecule has 1 nitrogen and oxygen atoms in total. The topological polar surface area (TPSA) is 12.0 Å². The fourth-order valence-corrected chi connectivity index (χ4v) is 2.17. The molecule has 0 heterocycles. The smallest absolute Gasteiger partial charge is 0.0593 e. The fourth-order valence-electron chi connectivity index (χ4n) is 1.59. The van der Waals surface area contributed by atoms with Gasteiger partial charge in [0.15, 0.2) is 0 Å². The van der Waals surface area contributed by atoms with Gasteiger partial charge in [-0.15, -0.1) is 0 Å². The van der Waals surface area contributed by atoms with Crippen LogP contribution in [-0.2, 0) is 0 Å². The summed E-state index contributed by atoms with van der Waals surface area (Å²) < 4.78 is 0.963. The Hall–Kier alpha value is -0.210. The summed E-state index contributed by atoms with van der Waals surface area (Å²) in [6, 6.07) is 5.90. The van der Waals surface area contributed by atoms with Crippen molar-refractivity contribution >= 4 is 33.2 Å². The lowest BCUT2D eigenvalue weighted by atomic mass is 10.1. The number of unbranched alkanes of at least 4 members (excludes halogenated alkanes) is 4.